The van der Waals surface area contributed by atoms with Crippen LogP contribution in [0.25, 0.3) is 5.57 Å². The van der Waals surface area contributed by atoms with Crippen LogP contribution in [0.2, 0.25) is 0 Å². The minimum absolute atomic E-state index is 0.890. The zero-order valence-corrected chi connectivity index (χ0v) is 8.50. The predicted octanol–water partition coefficient (Wildman–Crippen LogP) is 4.13. The van der Waals surface area contributed by atoms with E-state index in [2.05, 4.69) is 30.3 Å². The van der Waals surface area contributed by atoms with E-state index in [0.717, 1.165) is 5.92 Å². The fourth-order valence-electron chi connectivity index (χ4n) is 2.32. The summed E-state index contributed by atoms with van der Waals surface area (Å²) in [4.78, 5) is 0. The Kier molecular flexibility index (Phi) is 1.93. The number of hydrogen-bond acceptors (Lipinski definition) is 0. The second-order valence-corrected chi connectivity index (χ2v) is 4.52. The van der Waals surface area contributed by atoms with Gasteiger partial charge in [0, 0.05) is 0 Å². The lowest BCUT2D eigenvalue weighted by molar-refractivity contribution is 0.935. The van der Waals surface area contributed by atoms with Gasteiger partial charge in [0.15, 0.2) is 0 Å². The van der Waals surface area contributed by atoms with Gasteiger partial charge < -0.3 is 0 Å². The Hall–Kier alpha value is -1.04. The molecular weight excluding hydrogens is 168 g/mol. The Morgan fingerprint density at radius 1 is 1.00 bits per heavy atom. The standard InChI is InChI=1S/C14H16/c1-2-4-11(3-1)12-5-7-13(8-6-12)14-9-10-14/h3,5-8,14H,1-2,4,9-10H2. The Morgan fingerprint density at radius 3 is 2.36 bits per heavy atom. The zero-order chi connectivity index (χ0) is 9.38. The quantitative estimate of drug-likeness (QED) is 0.648. The van der Waals surface area contributed by atoms with E-state index in [1.807, 2.05) is 0 Å². The molecule has 3 rings (SSSR count). The molecule has 1 saturated carbocycles. The van der Waals surface area contributed by atoms with Gasteiger partial charge in [0.2, 0.25) is 0 Å². The maximum Gasteiger partial charge on any atom is -0.0162 e. The molecule has 14 heavy (non-hydrogen) atoms. The summed E-state index contributed by atoms with van der Waals surface area (Å²) in [5, 5.41) is 0. The van der Waals surface area contributed by atoms with Gasteiger partial charge in [-0.2, -0.15) is 0 Å². The van der Waals surface area contributed by atoms with E-state index in [4.69, 9.17) is 0 Å². The largest absolute Gasteiger partial charge is 0.0807 e. The molecule has 0 unspecified atom stereocenters. The van der Waals surface area contributed by atoms with Gasteiger partial charge in [-0.3, -0.25) is 0 Å². The lowest BCUT2D eigenvalue weighted by atomic mass is 10.0. The molecule has 0 bridgehead atoms. The summed E-state index contributed by atoms with van der Waals surface area (Å²) in [7, 11) is 0. The van der Waals surface area contributed by atoms with Gasteiger partial charge >= 0.3 is 0 Å². The van der Waals surface area contributed by atoms with Crippen molar-refractivity contribution in [1.29, 1.82) is 0 Å². The Labute approximate surface area is 85.6 Å². The van der Waals surface area contributed by atoms with Gasteiger partial charge in [0.25, 0.3) is 0 Å². The van der Waals surface area contributed by atoms with Crippen LogP contribution in [0.15, 0.2) is 30.3 Å². The number of allylic oxidation sites excluding steroid dienone is 2. The van der Waals surface area contributed by atoms with E-state index in [-0.39, 0.29) is 0 Å². The van der Waals surface area contributed by atoms with Crippen LogP contribution in [-0.2, 0) is 0 Å². The lowest BCUT2D eigenvalue weighted by Crippen LogP contribution is -1.83. The van der Waals surface area contributed by atoms with Crippen molar-refractivity contribution in [2.45, 2.75) is 38.0 Å². The van der Waals surface area contributed by atoms with Crippen LogP contribution < -0.4 is 0 Å². The first kappa shape index (κ1) is 8.28. The summed E-state index contributed by atoms with van der Waals surface area (Å²) in [5.74, 6) is 0.890. The molecule has 0 amide bonds. The van der Waals surface area contributed by atoms with E-state index in [1.165, 1.54) is 37.7 Å². The Bertz CT molecular complexity index is 352. The Morgan fingerprint density at radius 2 is 1.79 bits per heavy atom. The van der Waals surface area contributed by atoms with Gasteiger partial charge in [-0.1, -0.05) is 30.3 Å². The molecule has 0 aromatic heterocycles. The fraction of sp³-hybridized carbons (Fsp3) is 0.429. The molecule has 0 N–H and O–H groups in total. The zero-order valence-electron chi connectivity index (χ0n) is 8.50. The molecule has 2 aliphatic rings. The first-order chi connectivity index (χ1) is 6.93. The molecule has 0 aliphatic heterocycles. The molecule has 72 valence electrons. The second kappa shape index (κ2) is 3.27. The first-order valence-electron chi connectivity index (χ1n) is 5.73. The van der Waals surface area contributed by atoms with Gasteiger partial charge in [-0.05, 0) is 54.7 Å². The molecule has 2 aliphatic carbocycles. The van der Waals surface area contributed by atoms with Gasteiger partial charge in [-0.25, -0.2) is 0 Å². The lowest BCUT2D eigenvalue weighted by Gasteiger charge is -2.03. The number of hydrogen-bond donors (Lipinski definition) is 0. The van der Waals surface area contributed by atoms with Crippen LogP contribution in [0.3, 0.4) is 0 Å². The summed E-state index contributed by atoms with van der Waals surface area (Å²) in [6, 6.07) is 9.27. The van der Waals surface area contributed by atoms with Crippen LogP contribution in [-0.4, -0.2) is 0 Å². The minimum atomic E-state index is 0.890. The van der Waals surface area contributed by atoms with Crippen molar-refractivity contribution < 1.29 is 0 Å². The molecule has 0 spiro atoms. The highest BCUT2D eigenvalue weighted by Crippen LogP contribution is 2.40. The van der Waals surface area contributed by atoms with Gasteiger partial charge in [0.1, 0.15) is 0 Å². The number of rotatable bonds is 2. The van der Waals surface area contributed by atoms with Crippen LogP contribution in [0.4, 0.5) is 0 Å². The summed E-state index contributed by atoms with van der Waals surface area (Å²) < 4.78 is 0. The highest BCUT2D eigenvalue weighted by Gasteiger charge is 2.23. The molecular formula is C14H16. The van der Waals surface area contributed by atoms with Crippen molar-refractivity contribution in [2.24, 2.45) is 0 Å². The van der Waals surface area contributed by atoms with E-state index in [9.17, 15) is 0 Å². The average Bonchev–Trinajstić information content (AvgIpc) is 2.94. The first-order valence-corrected chi connectivity index (χ1v) is 5.73. The molecule has 0 heteroatoms. The SMILES string of the molecule is C1=C(c2ccc(C3CC3)cc2)CCC1. The van der Waals surface area contributed by atoms with Crippen LogP contribution >= 0.6 is 0 Å². The summed E-state index contributed by atoms with van der Waals surface area (Å²) in [6.07, 6.45) is 9.11. The van der Waals surface area contributed by atoms with E-state index >= 15 is 0 Å². The van der Waals surface area contributed by atoms with Crippen molar-refractivity contribution in [1.82, 2.24) is 0 Å². The van der Waals surface area contributed by atoms with Crippen molar-refractivity contribution in [3.05, 3.63) is 41.5 Å². The van der Waals surface area contributed by atoms with Crippen LogP contribution in [0, 0.1) is 0 Å². The third-order valence-electron chi connectivity index (χ3n) is 3.37. The maximum atomic E-state index is 2.39. The number of benzene rings is 1. The van der Waals surface area contributed by atoms with E-state index in [0.29, 0.717) is 0 Å². The topological polar surface area (TPSA) is 0 Å². The molecule has 1 aromatic carbocycles. The maximum absolute atomic E-state index is 2.39. The fourth-order valence-corrected chi connectivity index (χ4v) is 2.32. The van der Waals surface area contributed by atoms with Crippen molar-refractivity contribution in [3.8, 4) is 0 Å². The van der Waals surface area contributed by atoms with Crippen LogP contribution in [0.1, 0.15) is 49.1 Å². The second-order valence-electron chi connectivity index (χ2n) is 4.52. The smallest absolute Gasteiger partial charge is 0.0162 e. The highest BCUT2D eigenvalue weighted by atomic mass is 14.3. The summed E-state index contributed by atoms with van der Waals surface area (Å²) in [6.45, 7) is 0. The van der Waals surface area contributed by atoms with E-state index < -0.39 is 0 Å². The molecule has 1 fully saturated rings. The van der Waals surface area contributed by atoms with Gasteiger partial charge in [-0.15, -0.1) is 0 Å². The van der Waals surface area contributed by atoms with Crippen molar-refractivity contribution in [3.63, 3.8) is 0 Å². The van der Waals surface area contributed by atoms with Crippen molar-refractivity contribution >= 4 is 5.57 Å². The predicted molar refractivity (Wildman–Crippen MR) is 60.2 cm³/mol. The highest BCUT2D eigenvalue weighted by molar-refractivity contribution is 5.67. The summed E-state index contributed by atoms with van der Waals surface area (Å²) >= 11 is 0. The third kappa shape index (κ3) is 1.50. The average molecular weight is 184 g/mol. The Balaban J connectivity index is 1.85. The summed E-state index contributed by atoms with van der Waals surface area (Å²) in [5.41, 5.74) is 4.56. The molecule has 0 atom stereocenters. The molecule has 0 saturated heterocycles. The normalized spacial score (nSPS) is 21.0. The van der Waals surface area contributed by atoms with Crippen LogP contribution in [0.5, 0.6) is 0 Å². The van der Waals surface area contributed by atoms with Crippen molar-refractivity contribution in [2.75, 3.05) is 0 Å². The van der Waals surface area contributed by atoms with E-state index in [1.54, 1.807) is 11.1 Å². The molecule has 0 nitrogen and oxygen atoms in total. The minimum Gasteiger partial charge on any atom is -0.0807 e. The monoisotopic (exact) mass is 184 g/mol. The molecule has 0 radical (unpaired) electrons. The third-order valence-corrected chi connectivity index (χ3v) is 3.37. The van der Waals surface area contributed by atoms with Gasteiger partial charge in [0.05, 0.1) is 0 Å². The molecule has 0 heterocycles. The molecule has 1 aromatic rings.